The number of H-pyrrole nitrogens is 1. The van der Waals surface area contributed by atoms with Gasteiger partial charge in [0.15, 0.2) is 17.0 Å². The third-order valence-corrected chi connectivity index (χ3v) is 5.07. The molecular formula is C21H22N6O5. The molecule has 1 aromatic carbocycles. The van der Waals surface area contributed by atoms with Crippen LogP contribution in [0.4, 0.5) is 0 Å². The van der Waals surface area contributed by atoms with E-state index in [1.54, 1.807) is 38.2 Å². The fourth-order valence-corrected chi connectivity index (χ4v) is 3.32. The van der Waals surface area contributed by atoms with Crippen molar-refractivity contribution in [2.45, 2.75) is 39.8 Å². The number of ether oxygens (including phenoxy) is 1. The maximum Gasteiger partial charge on any atom is 0.338 e. The van der Waals surface area contributed by atoms with Crippen LogP contribution in [0.1, 0.15) is 41.8 Å². The van der Waals surface area contributed by atoms with E-state index in [1.165, 1.54) is 9.13 Å². The molecule has 0 bridgehead atoms. The number of nitrogens with zero attached hydrogens (tertiary/aromatic N) is 5. The van der Waals surface area contributed by atoms with E-state index >= 15 is 0 Å². The molecule has 4 aromatic rings. The molecule has 0 aliphatic heterocycles. The molecule has 0 aliphatic rings. The number of aromatic amines is 1. The Morgan fingerprint density at radius 2 is 1.94 bits per heavy atom. The average Bonchev–Trinajstić information content (AvgIpc) is 3.35. The van der Waals surface area contributed by atoms with Gasteiger partial charge in [-0.2, -0.15) is 4.98 Å². The molecule has 0 fully saturated rings. The molecule has 11 heteroatoms. The maximum atomic E-state index is 12.5. The average molecular weight is 438 g/mol. The van der Waals surface area contributed by atoms with E-state index in [4.69, 9.17) is 9.26 Å². The van der Waals surface area contributed by atoms with Crippen molar-refractivity contribution in [3.63, 3.8) is 0 Å². The van der Waals surface area contributed by atoms with Gasteiger partial charge < -0.3 is 13.8 Å². The van der Waals surface area contributed by atoms with Crippen LogP contribution in [0.2, 0.25) is 0 Å². The highest BCUT2D eigenvalue weighted by Crippen LogP contribution is 2.18. The molecule has 1 N–H and O–H groups in total. The number of fused-ring (bicyclic) bond motifs is 1. The van der Waals surface area contributed by atoms with Crippen molar-refractivity contribution in [2.24, 2.45) is 7.05 Å². The fourth-order valence-electron chi connectivity index (χ4n) is 3.32. The van der Waals surface area contributed by atoms with Gasteiger partial charge in [0, 0.05) is 19.2 Å². The lowest BCUT2D eigenvalue weighted by Crippen LogP contribution is -2.31. The van der Waals surface area contributed by atoms with Gasteiger partial charge in [0.1, 0.15) is 12.4 Å². The second-order valence-electron chi connectivity index (χ2n) is 7.32. The van der Waals surface area contributed by atoms with E-state index in [0.29, 0.717) is 35.2 Å². The summed E-state index contributed by atoms with van der Waals surface area (Å²) in [5.41, 5.74) is 0.514. The second-order valence-corrected chi connectivity index (χ2v) is 7.32. The lowest BCUT2D eigenvalue weighted by atomic mass is 10.1. The lowest BCUT2D eigenvalue weighted by Gasteiger charge is -2.05. The Morgan fingerprint density at radius 3 is 2.59 bits per heavy atom. The largest absolute Gasteiger partial charge is 0.454 e. The molecule has 0 radical (unpaired) electrons. The predicted octanol–water partition coefficient (Wildman–Crippen LogP) is 1.94. The van der Waals surface area contributed by atoms with E-state index in [-0.39, 0.29) is 17.8 Å². The molecule has 0 amide bonds. The second kappa shape index (κ2) is 8.61. The van der Waals surface area contributed by atoms with Crippen LogP contribution in [0.5, 0.6) is 0 Å². The SMILES string of the molecule is CCCCn1c(=O)[nH]c(=O)c2c1nc(COC(=O)c1ccc(-c3nc(C)no3)cc1)n2C. The van der Waals surface area contributed by atoms with Crippen LogP contribution in [-0.2, 0) is 24.9 Å². The van der Waals surface area contributed by atoms with E-state index in [9.17, 15) is 14.4 Å². The number of aromatic nitrogens is 6. The quantitative estimate of drug-likeness (QED) is 0.432. The standard InChI is InChI=1S/C21H22N6O5/c1-4-5-10-27-17-16(18(28)24-21(27)30)26(3)15(23-17)11-31-20(29)14-8-6-13(7-9-14)19-22-12(2)25-32-19/h6-9H,4-5,10-11H2,1-3H3,(H,24,28,30). The number of unbranched alkanes of at least 4 members (excludes halogenated alkanes) is 1. The Hall–Kier alpha value is -4.02. The van der Waals surface area contributed by atoms with Crippen molar-refractivity contribution >= 4 is 17.1 Å². The molecule has 0 atom stereocenters. The van der Waals surface area contributed by atoms with Crippen molar-refractivity contribution in [1.29, 1.82) is 0 Å². The molecule has 4 rings (SSSR count). The normalized spacial score (nSPS) is 11.2. The minimum atomic E-state index is -0.553. The summed E-state index contributed by atoms with van der Waals surface area (Å²) in [6.07, 6.45) is 1.65. The number of esters is 1. The van der Waals surface area contributed by atoms with Gasteiger partial charge in [-0.3, -0.25) is 14.3 Å². The van der Waals surface area contributed by atoms with Crippen molar-refractivity contribution in [3.8, 4) is 11.5 Å². The van der Waals surface area contributed by atoms with Gasteiger partial charge in [-0.1, -0.05) is 18.5 Å². The molecule has 0 saturated heterocycles. The molecule has 0 saturated carbocycles. The minimum absolute atomic E-state index is 0.157. The molecule has 3 aromatic heterocycles. The van der Waals surface area contributed by atoms with Crippen LogP contribution in [-0.4, -0.2) is 35.2 Å². The van der Waals surface area contributed by atoms with Gasteiger partial charge in [-0.25, -0.2) is 14.6 Å². The van der Waals surface area contributed by atoms with E-state index in [1.807, 2.05) is 6.92 Å². The van der Waals surface area contributed by atoms with Crippen LogP contribution in [0, 0.1) is 6.92 Å². The summed E-state index contributed by atoms with van der Waals surface area (Å²) in [4.78, 5) is 47.9. The molecule has 32 heavy (non-hydrogen) atoms. The molecule has 0 aliphatic carbocycles. The molecule has 0 spiro atoms. The van der Waals surface area contributed by atoms with Crippen LogP contribution in [0.15, 0.2) is 38.4 Å². The smallest absolute Gasteiger partial charge is 0.338 e. The van der Waals surface area contributed by atoms with Gasteiger partial charge >= 0.3 is 11.7 Å². The molecule has 0 unspecified atom stereocenters. The van der Waals surface area contributed by atoms with Crippen molar-refractivity contribution in [1.82, 2.24) is 29.2 Å². The van der Waals surface area contributed by atoms with Crippen LogP contribution in [0.3, 0.4) is 0 Å². The van der Waals surface area contributed by atoms with Gasteiger partial charge in [-0.05, 0) is 37.6 Å². The number of benzene rings is 1. The Bertz CT molecular complexity index is 1390. The third-order valence-electron chi connectivity index (χ3n) is 5.07. The molecule has 3 heterocycles. The summed E-state index contributed by atoms with van der Waals surface area (Å²) in [5, 5.41) is 3.74. The predicted molar refractivity (Wildman–Crippen MR) is 114 cm³/mol. The number of carbonyl (C=O) groups excluding carboxylic acids is 1. The van der Waals surface area contributed by atoms with Crippen molar-refractivity contribution < 1.29 is 14.1 Å². The third kappa shape index (κ3) is 3.96. The zero-order valence-corrected chi connectivity index (χ0v) is 17.9. The van der Waals surface area contributed by atoms with Crippen LogP contribution >= 0.6 is 0 Å². The first-order valence-corrected chi connectivity index (χ1v) is 10.1. The monoisotopic (exact) mass is 438 g/mol. The highest BCUT2D eigenvalue weighted by atomic mass is 16.5. The number of carbonyl (C=O) groups is 1. The van der Waals surface area contributed by atoms with Crippen LogP contribution < -0.4 is 11.2 Å². The Kier molecular flexibility index (Phi) is 5.71. The van der Waals surface area contributed by atoms with Gasteiger partial charge in [0.05, 0.1) is 5.56 Å². The van der Waals surface area contributed by atoms with Gasteiger partial charge in [0.2, 0.25) is 0 Å². The van der Waals surface area contributed by atoms with Gasteiger partial charge in [-0.15, -0.1) is 0 Å². The summed E-state index contributed by atoms with van der Waals surface area (Å²) in [7, 11) is 1.64. The zero-order valence-electron chi connectivity index (χ0n) is 17.9. The number of aryl methyl sites for hydroxylation is 3. The Morgan fingerprint density at radius 1 is 1.19 bits per heavy atom. The molecular weight excluding hydrogens is 416 g/mol. The number of rotatable bonds is 7. The molecule has 11 nitrogen and oxygen atoms in total. The van der Waals surface area contributed by atoms with E-state index in [0.717, 1.165) is 12.8 Å². The summed E-state index contributed by atoms with van der Waals surface area (Å²) in [6, 6.07) is 6.56. The van der Waals surface area contributed by atoms with E-state index in [2.05, 4.69) is 20.1 Å². The number of hydrogen-bond acceptors (Lipinski definition) is 8. The Balaban J connectivity index is 1.54. The summed E-state index contributed by atoms with van der Waals surface area (Å²) >= 11 is 0. The van der Waals surface area contributed by atoms with Crippen molar-refractivity contribution in [2.75, 3.05) is 0 Å². The number of nitrogens with one attached hydrogen (secondary N) is 1. The summed E-state index contributed by atoms with van der Waals surface area (Å²) in [6.45, 7) is 4.00. The Labute approximate surface area is 181 Å². The topological polar surface area (TPSA) is 138 Å². The number of imidazole rings is 1. The maximum absolute atomic E-state index is 12.5. The lowest BCUT2D eigenvalue weighted by molar-refractivity contribution is 0.0459. The molecule has 166 valence electrons. The highest BCUT2D eigenvalue weighted by Gasteiger charge is 2.18. The van der Waals surface area contributed by atoms with E-state index < -0.39 is 17.2 Å². The fraction of sp³-hybridized carbons (Fsp3) is 0.333. The minimum Gasteiger partial charge on any atom is -0.454 e. The number of hydrogen-bond donors (Lipinski definition) is 1. The first-order chi connectivity index (χ1) is 15.4. The van der Waals surface area contributed by atoms with Crippen LogP contribution in [0.25, 0.3) is 22.6 Å². The summed E-state index contributed by atoms with van der Waals surface area (Å²) < 4.78 is 13.5. The first-order valence-electron chi connectivity index (χ1n) is 10.1. The zero-order chi connectivity index (χ0) is 22.8. The van der Waals surface area contributed by atoms with Gasteiger partial charge in [0.25, 0.3) is 11.4 Å². The van der Waals surface area contributed by atoms with Crippen molar-refractivity contribution in [3.05, 3.63) is 62.3 Å². The highest BCUT2D eigenvalue weighted by molar-refractivity contribution is 5.89. The first kappa shape index (κ1) is 21.2. The summed E-state index contributed by atoms with van der Waals surface area (Å²) in [5.74, 6) is 0.682.